The van der Waals surface area contributed by atoms with Gasteiger partial charge in [0.2, 0.25) is 5.91 Å². The summed E-state index contributed by atoms with van der Waals surface area (Å²) in [6, 6.07) is 3.61. The Morgan fingerprint density at radius 1 is 1.39 bits per heavy atom. The number of hydrogen-bond donors (Lipinski definition) is 2. The highest BCUT2D eigenvalue weighted by atomic mass is 35.5. The lowest BCUT2D eigenvalue weighted by atomic mass is 10.0. The number of hydrogen-bond acceptors (Lipinski definition) is 2. The second kappa shape index (κ2) is 6.06. The monoisotopic (exact) mass is 281 g/mol. The molecule has 0 aliphatic heterocycles. The molecule has 0 bridgehead atoms. The predicted molar refractivity (Wildman–Crippen MR) is 60.1 cm³/mol. The predicted octanol–water partition coefficient (Wildman–Crippen LogP) is 2.09. The molecule has 0 fully saturated rings. The Morgan fingerprint density at radius 2 is 2.00 bits per heavy atom. The minimum atomic E-state index is -4.55. The number of nitrogens with one attached hydrogen (secondary N) is 1. The Kier molecular flexibility index (Phi) is 4.98. The zero-order valence-electron chi connectivity index (χ0n) is 9.17. The minimum absolute atomic E-state index is 0.189. The lowest BCUT2D eigenvalue weighted by molar-refractivity contribution is -0.139. The lowest BCUT2D eigenvalue weighted by Gasteiger charge is -2.20. The first-order chi connectivity index (χ1) is 8.40. The number of carbonyl (C=O) groups is 1. The minimum Gasteiger partial charge on any atom is -0.394 e. The van der Waals surface area contributed by atoms with Crippen LogP contribution in [0.25, 0.3) is 0 Å². The third-order valence-electron chi connectivity index (χ3n) is 2.28. The van der Waals surface area contributed by atoms with Crippen LogP contribution in [0, 0.1) is 0 Å². The summed E-state index contributed by atoms with van der Waals surface area (Å²) >= 11 is 5.25. The molecular weight excluding hydrogens is 271 g/mol. The van der Waals surface area contributed by atoms with Crippen LogP contribution in [-0.4, -0.2) is 23.5 Å². The number of benzene rings is 1. The smallest absolute Gasteiger partial charge is 0.394 e. The molecule has 0 aliphatic rings. The normalized spacial score (nSPS) is 13.2. The third kappa shape index (κ3) is 3.61. The van der Waals surface area contributed by atoms with Crippen LogP contribution < -0.4 is 5.32 Å². The molecule has 1 amide bonds. The van der Waals surface area contributed by atoms with Crippen molar-refractivity contribution in [2.45, 2.75) is 12.2 Å². The van der Waals surface area contributed by atoms with E-state index in [-0.39, 0.29) is 11.4 Å². The molecule has 2 N–H and O–H groups in total. The van der Waals surface area contributed by atoms with Crippen molar-refractivity contribution in [1.82, 2.24) is 5.32 Å². The Morgan fingerprint density at radius 3 is 2.50 bits per heavy atom. The molecule has 1 aromatic carbocycles. The molecule has 0 saturated heterocycles. The summed E-state index contributed by atoms with van der Waals surface area (Å²) in [5.41, 5.74) is -1.08. The number of carbonyl (C=O) groups excluding carboxylic acids is 1. The molecule has 0 heterocycles. The van der Waals surface area contributed by atoms with Crippen LogP contribution in [0.2, 0.25) is 0 Å². The number of aliphatic hydroxyl groups is 1. The van der Waals surface area contributed by atoms with E-state index in [2.05, 4.69) is 5.32 Å². The molecule has 0 saturated carbocycles. The molecule has 1 rings (SSSR count). The van der Waals surface area contributed by atoms with Gasteiger partial charge in [-0.2, -0.15) is 13.2 Å². The maximum absolute atomic E-state index is 12.7. The second-order valence-corrected chi connectivity index (χ2v) is 3.79. The number of halogens is 4. The molecule has 0 radical (unpaired) electrons. The molecular formula is C11H11ClF3NO2. The maximum Gasteiger partial charge on any atom is 0.416 e. The number of aliphatic hydroxyl groups excluding tert-OH is 1. The maximum atomic E-state index is 12.7. The van der Waals surface area contributed by atoms with Gasteiger partial charge in [-0.05, 0) is 11.6 Å². The molecule has 0 spiro atoms. The lowest BCUT2D eigenvalue weighted by Crippen LogP contribution is -2.33. The van der Waals surface area contributed by atoms with E-state index in [1.807, 2.05) is 0 Å². The van der Waals surface area contributed by atoms with E-state index in [4.69, 9.17) is 16.7 Å². The highest BCUT2D eigenvalue weighted by Crippen LogP contribution is 2.34. The molecule has 1 aromatic rings. The average molecular weight is 282 g/mol. The largest absolute Gasteiger partial charge is 0.416 e. The molecule has 1 atom stereocenters. The standard InChI is InChI=1S/C11H11ClF3NO2/c12-5-10(18)16-9(6-17)7-3-1-2-4-8(7)11(13,14)15/h1-4,9,17H,5-6H2,(H,16,18). The van der Waals surface area contributed by atoms with Gasteiger partial charge in [-0.3, -0.25) is 4.79 Å². The van der Waals surface area contributed by atoms with Gasteiger partial charge in [0.15, 0.2) is 0 Å². The fraction of sp³-hybridized carbons (Fsp3) is 0.364. The van der Waals surface area contributed by atoms with E-state index in [9.17, 15) is 18.0 Å². The molecule has 3 nitrogen and oxygen atoms in total. The fourth-order valence-electron chi connectivity index (χ4n) is 1.51. The van der Waals surface area contributed by atoms with E-state index >= 15 is 0 Å². The zero-order chi connectivity index (χ0) is 13.8. The van der Waals surface area contributed by atoms with E-state index < -0.39 is 30.3 Å². The second-order valence-electron chi connectivity index (χ2n) is 3.52. The average Bonchev–Trinajstić information content (AvgIpc) is 2.34. The third-order valence-corrected chi connectivity index (χ3v) is 2.52. The Labute approximate surface area is 107 Å². The Balaban J connectivity index is 3.10. The van der Waals surface area contributed by atoms with Crippen LogP contribution in [0.1, 0.15) is 17.2 Å². The Bertz CT molecular complexity index is 423. The van der Waals surface area contributed by atoms with Gasteiger partial charge in [0.25, 0.3) is 0 Å². The van der Waals surface area contributed by atoms with E-state index in [0.717, 1.165) is 6.07 Å². The van der Waals surface area contributed by atoms with Gasteiger partial charge in [0.05, 0.1) is 18.2 Å². The molecule has 100 valence electrons. The van der Waals surface area contributed by atoms with Crippen LogP contribution in [0.3, 0.4) is 0 Å². The first-order valence-electron chi connectivity index (χ1n) is 5.02. The van der Waals surface area contributed by atoms with Gasteiger partial charge in [0, 0.05) is 0 Å². The first-order valence-corrected chi connectivity index (χ1v) is 5.56. The summed E-state index contributed by atoms with van der Waals surface area (Å²) in [7, 11) is 0. The number of rotatable bonds is 4. The van der Waals surface area contributed by atoms with Crippen molar-refractivity contribution in [3.05, 3.63) is 35.4 Å². The van der Waals surface area contributed by atoms with Crippen molar-refractivity contribution < 1.29 is 23.1 Å². The number of alkyl halides is 4. The fourth-order valence-corrected chi connectivity index (χ4v) is 1.59. The topological polar surface area (TPSA) is 49.3 Å². The van der Waals surface area contributed by atoms with Crippen LogP contribution in [0.15, 0.2) is 24.3 Å². The van der Waals surface area contributed by atoms with Crippen molar-refractivity contribution in [3.8, 4) is 0 Å². The summed E-state index contributed by atoms with van der Waals surface area (Å²) in [6.07, 6.45) is -4.55. The van der Waals surface area contributed by atoms with Gasteiger partial charge in [0.1, 0.15) is 5.88 Å². The van der Waals surface area contributed by atoms with Gasteiger partial charge in [-0.1, -0.05) is 18.2 Å². The van der Waals surface area contributed by atoms with E-state index in [1.54, 1.807) is 0 Å². The summed E-state index contributed by atoms with van der Waals surface area (Å²) in [5.74, 6) is -1.03. The number of amides is 1. The van der Waals surface area contributed by atoms with Crippen LogP contribution in [0.5, 0.6) is 0 Å². The van der Waals surface area contributed by atoms with Gasteiger partial charge < -0.3 is 10.4 Å². The molecule has 1 unspecified atom stereocenters. The summed E-state index contributed by atoms with van der Waals surface area (Å²) < 4.78 is 38.2. The van der Waals surface area contributed by atoms with Gasteiger partial charge in [-0.15, -0.1) is 11.6 Å². The highest BCUT2D eigenvalue weighted by molar-refractivity contribution is 6.27. The van der Waals surface area contributed by atoms with Crippen molar-refractivity contribution in [2.75, 3.05) is 12.5 Å². The van der Waals surface area contributed by atoms with Crippen molar-refractivity contribution in [1.29, 1.82) is 0 Å². The van der Waals surface area contributed by atoms with Crippen LogP contribution >= 0.6 is 11.6 Å². The molecule has 18 heavy (non-hydrogen) atoms. The molecule has 7 heteroatoms. The van der Waals surface area contributed by atoms with Gasteiger partial charge >= 0.3 is 6.18 Å². The first kappa shape index (κ1) is 14.8. The summed E-state index contributed by atoms with van der Waals surface area (Å²) in [5, 5.41) is 11.3. The van der Waals surface area contributed by atoms with Crippen LogP contribution in [0.4, 0.5) is 13.2 Å². The summed E-state index contributed by atoms with van der Waals surface area (Å²) in [4.78, 5) is 11.1. The molecule has 0 aliphatic carbocycles. The van der Waals surface area contributed by atoms with Gasteiger partial charge in [-0.25, -0.2) is 0 Å². The summed E-state index contributed by atoms with van der Waals surface area (Å²) in [6.45, 7) is -0.643. The molecule has 0 aromatic heterocycles. The Hall–Kier alpha value is -1.27. The highest BCUT2D eigenvalue weighted by Gasteiger charge is 2.35. The van der Waals surface area contributed by atoms with Crippen molar-refractivity contribution in [3.63, 3.8) is 0 Å². The van der Waals surface area contributed by atoms with Crippen molar-refractivity contribution in [2.24, 2.45) is 0 Å². The quantitative estimate of drug-likeness (QED) is 0.831. The van der Waals surface area contributed by atoms with E-state index in [1.165, 1.54) is 18.2 Å². The SMILES string of the molecule is O=C(CCl)NC(CO)c1ccccc1C(F)(F)F. The van der Waals surface area contributed by atoms with Crippen molar-refractivity contribution >= 4 is 17.5 Å². The zero-order valence-corrected chi connectivity index (χ0v) is 9.92. The van der Waals surface area contributed by atoms with Crippen LogP contribution in [-0.2, 0) is 11.0 Å². The van der Waals surface area contributed by atoms with E-state index in [0.29, 0.717) is 0 Å².